The van der Waals surface area contributed by atoms with Gasteiger partial charge < -0.3 is 41.0 Å². The Morgan fingerprint density at radius 3 is 2.03 bits per heavy atom. The molecule has 2 aliphatic heterocycles. The van der Waals surface area contributed by atoms with E-state index in [9.17, 15) is 9.59 Å². The summed E-state index contributed by atoms with van der Waals surface area (Å²) in [4.78, 5) is 31.7. The van der Waals surface area contributed by atoms with Gasteiger partial charge in [0.1, 0.15) is 0 Å². The number of hydrogen-bond acceptors (Lipinski definition) is 8. The van der Waals surface area contributed by atoms with Gasteiger partial charge in [-0.25, -0.2) is 9.97 Å². The molecule has 2 fully saturated rings. The molecule has 0 radical (unpaired) electrons. The molecule has 0 unspecified atom stereocenters. The maximum Gasteiger partial charge on any atom is 0.238 e. The summed E-state index contributed by atoms with van der Waals surface area (Å²) in [6.07, 6.45) is 7.34. The molecule has 2 aromatic heterocycles. The number of hydrogen-bond donors (Lipinski definition) is 6. The van der Waals surface area contributed by atoms with E-state index >= 15 is 0 Å². The lowest BCUT2D eigenvalue weighted by Gasteiger charge is -2.23. The molecule has 0 bridgehead atoms. The molecule has 0 spiro atoms. The summed E-state index contributed by atoms with van der Waals surface area (Å²) in [5.74, 6) is 0.129. The fraction of sp³-hybridized carbons (Fsp3) is 0.636. The van der Waals surface area contributed by atoms with Crippen molar-refractivity contribution in [2.75, 3.05) is 52.4 Å². The van der Waals surface area contributed by atoms with Crippen molar-refractivity contribution in [1.82, 2.24) is 51.0 Å². The molecule has 0 aliphatic carbocycles. The normalized spacial score (nSPS) is 20.2. The van der Waals surface area contributed by atoms with Crippen molar-refractivity contribution in [1.29, 1.82) is 0 Å². The first-order chi connectivity index (χ1) is 16.5. The Hall–Kier alpha value is -2.80. The summed E-state index contributed by atoms with van der Waals surface area (Å²) >= 11 is 0. The molecule has 2 atom stereocenters. The average Bonchev–Trinajstić information content (AvgIpc) is 3.48. The van der Waals surface area contributed by atoms with Crippen molar-refractivity contribution in [3.05, 3.63) is 36.4 Å². The summed E-state index contributed by atoms with van der Waals surface area (Å²) in [5.41, 5.74) is 2.10. The molecule has 4 rings (SSSR count). The van der Waals surface area contributed by atoms with Gasteiger partial charge in [-0.1, -0.05) is 0 Å². The summed E-state index contributed by atoms with van der Waals surface area (Å²) in [7, 11) is 0. The number of piperazine rings is 2. The van der Waals surface area contributed by atoms with Crippen LogP contribution in [0.15, 0.2) is 25.0 Å². The lowest BCUT2D eigenvalue weighted by atomic mass is 10.2. The smallest absolute Gasteiger partial charge is 0.238 e. The molecule has 188 valence electrons. The van der Waals surface area contributed by atoms with Gasteiger partial charge in [-0.05, 0) is 13.8 Å². The number of carbonyl (C=O) groups excluding carboxylic acids is 2. The highest BCUT2D eigenvalue weighted by Crippen LogP contribution is 1.95. The van der Waals surface area contributed by atoms with Gasteiger partial charge in [0, 0.05) is 83.5 Å². The van der Waals surface area contributed by atoms with Gasteiger partial charge in [0.05, 0.1) is 30.4 Å². The fourth-order valence-electron chi connectivity index (χ4n) is 3.75. The van der Waals surface area contributed by atoms with Crippen LogP contribution in [-0.2, 0) is 22.7 Å². The molecule has 0 aromatic carbocycles. The van der Waals surface area contributed by atoms with Crippen molar-refractivity contribution in [3.63, 3.8) is 0 Å². The minimum atomic E-state index is -0.104. The van der Waals surface area contributed by atoms with E-state index in [2.05, 4.69) is 41.9 Å². The van der Waals surface area contributed by atoms with Crippen molar-refractivity contribution in [2.24, 2.45) is 0 Å². The number of nitrogens with zero attached hydrogens (tertiary/aromatic N) is 4. The zero-order valence-corrected chi connectivity index (χ0v) is 20.1. The van der Waals surface area contributed by atoms with E-state index in [1.165, 1.54) is 0 Å². The molecule has 34 heavy (non-hydrogen) atoms. The Kier molecular flexibility index (Phi) is 10.5. The number of nitrogens with one attached hydrogen (secondary N) is 6. The monoisotopic (exact) mass is 474 g/mol. The Balaban J connectivity index is 0.000000191. The third-order valence-corrected chi connectivity index (χ3v) is 5.72. The Labute approximate surface area is 200 Å². The van der Waals surface area contributed by atoms with Gasteiger partial charge in [0.2, 0.25) is 11.8 Å². The standard InChI is InChI=1S/2C11H19N5O/c1-9-7-16(8-15-9)5-4-14-11(17)10-6-12-2-3-13-10;1-9-6-13-8-16(9)5-4-15-11(17)10-7-12-2-3-14-10/h7-8,10,12-13H,2-6H2,1H3,(H,14,17);6,8,10,12,14H,2-5,7H2,1H3,(H,15,17)/t2*10-/m11/s1. The van der Waals surface area contributed by atoms with Crippen LogP contribution in [0, 0.1) is 13.8 Å². The lowest BCUT2D eigenvalue weighted by molar-refractivity contribution is -0.124. The van der Waals surface area contributed by atoms with Crippen LogP contribution in [0.5, 0.6) is 0 Å². The van der Waals surface area contributed by atoms with Crippen LogP contribution in [0.4, 0.5) is 0 Å². The maximum absolute atomic E-state index is 11.8. The largest absolute Gasteiger partial charge is 0.353 e. The number of imidazole rings is 2. The van der Waals surface area contributed by atoms with Crippen molar-refractivity contribution >= 4 is 11.8 Å². The second-order valence-electron chi connectivity index (χ2n) is 8.49. The predicted molar refractivity (Wildman–Crippen MR) is 129 cm³/mol. The van der Waals surface area contributed by atoms with Crippen LogP contribution in [-0.4, -0.2) is 95.4 Å². The Morgan fingerprint density at radius 1 is 0.941 bits per heavy atom. The van der Waals surface area contributed by atoms with Crippen molar-refractivity contribution < 1.29 is 9.59 Å². The molecular weight excluding hydrogens is 436 g/mol. The molecule has 6 N–H and O–H groups in total. The summed E-state index contributed by atoms with van der Waals surface area (Å²) in [6, 6.07) is -0.207. The SMILES string of the molecule is Cc1cn(CCNC(=O)[C@H]2CNCCN2)cn1.Cc1cncn1CCNC(=O)[C@H]1CNCCN1. The molecular formula is C22H38N10O2. The summed E-state index contributed by atoms with van der Waals surface area (Å²) in [5, 5.41) is 18.6. The zero-order chi connectivity index (χ0) is 24.2. The third kappa shape index (κ3) is 8.52. The number of aryl methyl sites for hydroxylation is 2. The van der Waals surface area contributed by atoms with Crippen molar-refractivity contribution in [2.45, 2.75) is 39.0 Å². The summed E-state index contributed by atoms with van der Waals surface area (Å²) < 4.78 is 4.00. The van der Waals surface area contributed by atoms with Gasteiger partial charge >= 0.3 is 0 Å². The van der Waals surface area contributed by atoms with Crippen LogP contribution in [0.3, 0.4) is 0 Å². The highest BCUT2D eigenvalue weighted by Gasteiger charge is 2.20. The Morgan fingerprint density at radius 2 is 1.56 bits per heavy atom. The molecule has 0 saturated carbocycles. The van der Waals surface area contributed by atoms with Gasteiger partial charge in [0.25, 0.3) is 0 Å². The number of aromatic nitrogens is 4. The minimum absolute atomic E-state index is 0.0639. The van der Waals surface area contributed by atoms with E-state index in [4.69, 9.17) is 0 Å². The van der Waals surface area contributed by atoms with Crippen LogP contribution in [0.1, 0.15) is 11.4 Å². The van der Waals surface area contributed by atoms with Gasteiger partial charge in [0.15, 0.2) is 0 Å². The van der Waals surface area contributed by atoms with E-state index in [-0.39, 0.29) is 23.9 Å². The average molecular weight is 475 g/mol. The third-order valence-electron chi connectivity index (χ3n) is 5.72. The quantitative estimate of drug-likeness (QED) is 0.252. The van der Waals surface area contributed by atoms with Crippen LogP contribution < -0.4 is 31.9 Å². The molecule has 12 nitrogen and oxygen atoms in total. The van der Waals surface area contributed by atoms with Gasteiger partial charge in [-0.15, -0.1) is 0 Å². The fourth-order valence-corrected chi connectivity index (χ4v) is 3.75. The predicted octanol–water partition coefficient (Wildman–Crippen LogP) is -2.26. The number of carbonyl (C=O) groups is 2. The molecule has 4 heterocycles. The lowest BCUT2D eigenvalue weighted by Crippen LogP contribution is -2.55. The first kappa shape index (κ1) is 25.8. The van der Waals surface area contributed by atoms with E-state index < -0.39 is 0 Å². The highest BCUT2D eigenvalue weighted by atomic mass is 16.2. The van der Waals surface area contributed by atoms with Crippen LogP contribution in [0.2, 0.25) is 0 Å². The molecule has 2 aromatic rings. The molecule has 2 aliphatic rings. The second kappa shape index (κ2) is 13.8. The molecule has 2 saturated heterocycles. The van der Waals surface area contributed by atoms with Crippen molar-refractivity contribution in [3.8, 4) is 0 Å². The zero-order valence-electron chi connectivity index (χ0n) is 20.1. The topological polar surface area (TPSA) is 142 Å². The molecule has 2 amide bonds. The van der Waals surface area contributed by atoms with Gasteiger partial charge in [-0.3, -0.25) is 9.59 Å². The second-order valence-corrected chi connectivity index (χ2v) is 8.49. The van der Waals surface area contributed by atoms with Gasteiger partial charge in [-0.2, -0.15) is 0 Å². The Bertz CT molecular complexity index is 884. The highest BCUT2D eigenvalue weighted by molar-refractivity contribution is 5.82. The number of amides is 2. The van der Waals surface area contributed by atoms with Crippen LogP contribution in [0.25, 0.3) is 0 Å². The minimum Gasteiger partial charge on any atom is -0.353 e. The first-order valence-corrected chi connectivity index (χ1v) is 11.9. The first-order valence-electron chi connectivity index (χ1n) is 11.9. The van der Waals surface area contributed by atoms with E-state index in [0.717, 1.165) is 50.7 Å². The van der Waals surface area contributed by atoms with E-state index in [0.29, 0.717) is 26.2 Å². The summed E-state index contributed by atoms with van der Waals surface area (Å²) in [6.45, 7) is 11.7. The number of rotatable bonds is 8. The molecule has 12 heteroatoms. The van der Waals surface area contributed by atoms with E-state index in [1.807, 2.05) is 35.4 Å². The van der Waals surface area contributed by atoms with E-state index in [1.54, 1.807) is 12.7 Å². The van der Waals surface area contributed by atoms with Crippen LogP contribution >= 0.6 is 0 Å². The maximum atomic E-state index is 11.8.